The van der Waals surface area contributed by atoms with E-state index in [2.05, 4.69) is 22.2 Å². The van der Waals surface area contributed by atoms with Gasteiger partial charge in [-0.1, -0.05) is 43.2 Å². The Kier molecular flexibility index (Phi) is 8.86. The third-order valence-corrected chi connectivity index (χ3v) is 10.2. The molecule has 0 bridgehead atoms. The minimum atomic E-state index is -0.540. The molecule has 2 aliphatic rings. The van der Waals surface area contributed by atoms with Crippen LogP contribution in [-0.2, 0) is 13.5 Å². The molecule has 1 saturated heterocycles. The molecule has 1 amide bonds. The molecule has 0 unspecified atom stereocenters. The van der Waals surface area contributed by atoms with Crippen LogP contribution in [0.25, 0.3) is 11.1 Å². The summed E-state index contributed by atoms with van der Waals surface area (Å²) < 4.78 is 1.72. The van der Waals surface area contributed by atoms with Gasteiger partial charge in [0.25, 0.3) is 5.91 Å². The highest BCUT2D eigenvalue weighted by molar-refractivity contribution is 7.09. The minimum Gasteiger partial charge on any atom is -0.393 e. The summed E-state index contributed by atoms with van der Waals surface area (Å²) in [4.78, 5) is 34.7. The average molecular weight is 597 g/mol. The number of amides is 1. The van der Waals surface area contributed by atoms with Crippen molar-refractivity contribution in [1.29, 1.82) is 0 Å². The molecule has 7 nitrogen and oxygen atoms in total. The first kappa shape index (κ1) is 29.5. The molecular weight excluding hydrogens is 556 g/mol. The summed E-state index contributed by atoms with van der Waals surface area (Å²) in [6.07, 6.45) is 10.1. The number of aryl methyl sites for hydroxylation is 2. The summed E-state index contributed by atoms with van der Waals surface area (Å²) in [5.74, 6) is -0.106. The topological polar surface area (TPSA) is 88.3 Å². The van der Waals surface area contributed by atoms with Crippen molar-refractivity contribution in [3.63, 3.8) is 0 Å². The molecule has 2 aromatic carbocycles. The van der Waals surface area contributed by atoms with Crippen molar-refractivity contribution in [2.24, 2.45) is 18.9 Å². The van der Waals surface area contributed by atoms with E-state index in [-0.39, 0.29) is 36.0 Å². The Labute approximate surface area is 257 Å². The number of Topliss-reactive ketones (excluding diaryl/α,β-unsaturated/α-hetero) is 1. The first-order valence-corrected chi connectivity index (χ1v) is 16.4. The van der Waals surface area contributed by atoms with Gasteiger partial charge in [0, 0.05) is 54.0 Å². The van der Waals surface area contributed by atoms with Crippen LogP contribution in [-0.4, -0.2) is 49.1 Å². The molecule has 0 spiro atoms. The third kappa shape index (κ3) is 6.65. The van der Waals surface area contributed by atoms with E-state index < -0.39 is 6.10 Å². The maximum Gasteiger partial charge on any atom is 0.254 e. The summed E-state index contributed by atoms with van der Waals surface area (Å²) >= 11 is 1.60. The van der Waals surface area contributed by atoms with Gasteiger partial charge in [0.15, 0.2) is 5.78 Å². The maximum atomic E-state index is 14.1. The second-order valence-corrected chi connectivity index (χ2v) is 13.2. The van der Waals surface area contributed by atoms with Crippen LogP contribution in [0.5, 0.6) is 0 Å². The summed E-state index contributed by atoms with van der Waals surface area (Å²) in [5.41, 5.74) is 4.74. The summed E-state index contributed by atoms with van der Waals surface area (Å²) in [6.45, 7) is 2.64. The van der Waals surface area contributed by atoms with Crippen LogP contribution < -0.4 is 0 Å². The molecule has 3 atom stereocenters. The molecule has 4 aromatic rings. The van der Waals surface area contributed by atoms with Gasteiger partial charge in [-0.25, -0.2) is 4.98 Å². The van der Waals surface area contributed by atoms with E-state index in [1.165, 1.54) is 0 Å². The maximum absolute atomic E-state index is 14.1. The number of aliphatic hydroxyl groups excluding tert-OH is 1. The van der Waals surface area contributed by atoms with Crippen molar-refractivity contribution in [1.82, 2.24) is 19.7 Å². The highest BCUT2D eigenvalue weighted by atomic mass is 32.1. The van der Waals surface area contributed by atoms with Gasteiger partial charge < -0.3 is 10.0 Å². The van der Waals surface area contributed by atoms with Gasteiger partial charge in [-0.2, -0.15) is 5.10 Å². The first-order valence-electron chi connectivity index (χ1n) is 15.5. The monoisotopic (exact) mass is 596 g/mol. The number of hydrogen-bond donors (Lipinski definition) is 1. The van der Waals surface area contributed by atoms with Crippen molar-refractivity contribution < 1.29 is 14.7 Å². The molecule has 224 valence electrons. The first-order chi connectivity index (χ1) is 20.9. The number of benzene rings is 2. The average Bonchev–Trinajstić information content (AvgIpc) is 3.84. The number of hydrogen-bond acceptors (Lipinski definition) is 6. The van der Waals surface area contributed by atoms with E-state index in [4.69, 9.17) is 0 Å². The third-order valence-electron chi connectivity index (χ3n) is 9.13. The van der Waals surface area contributed by atoms with Crippen molar-refractivity contribution in [2.75, 3.05) is 6.54 Å². The number of aromatic nitrogens is 3. The predicted molar refractivity (Wildman–Crippen MR) is 169 cm³/mol. The fourth-order valence-corrected chi connectivity index (χ4v) is 7.82. The largest absolute Gasteiger partial charge is 0.393 e. The second kappa shape index (κ2) is 12.9. The Balaban J connectivity index is 1.32. The molecule has 6 rings (SSSR count). The molecule has 2 aromatic heterocycles. The molecular formula is C35H40N4O3S. The minimum absolute atomic E-state index is 0.0497. The van der Waals surface area contributed by atoms with E-state index in [0.29, 0.717) is 24.1 Å². The van der Waals surface area contributed by atoms with Crippen LogP contribution in [0, 0.1) is 18.8 Å². The fourth-order valence-electron chi connectivity index (χ4n) is 6.88. The molecule has 1 aliphatic heterocycles. The molecule has 1 N–H and O–H groups in total. The molecule has 3 heterocycles. The molecule has 43 heavy (non-hydrogen) atoms. The molecule has 8 heteroatoms. The Morgan fingerprint density at radius 3 is 2.49 bits per heavy atom. The Morgan fingerprint density at radius 1 is 1.02 bits per heavy atom. The Hall–Kier alpha value is -3.62. The van der Waals surface area contributed by atoms with Gasteiger partial charge in [-0.05, 0) is 80.2 Å². The second-order valence-electron chi connectivity index (χ2n) is 12.3. The van der Waals surface area contributed by atoms with Crippen molar-refractivity contribution >= 4 is 23.0 Å². The molecule has 0 radical (unpaired) electrons. The highest BCUT2D eigenvalue weighted by Gasteiger charge is 2.34. The number of carbonyl (C=O) groups excluding carboxylic acids is 2. The van der Waals surface area contributed by atoms with Crippen LogP contribution in [0.4, 0.5) is 0 Å². The lowest BCUT2D eigenvalue weighted by Crippen LogP contribution is -2.32. The molecule has 1 saturated carbocycles. The van der Waals surface area contributed by atoms with E-state index in [1.54, 1.807) is 28.3 Å². The van der Waals surface area contributed by atoms with Crippen LogP contribution in [0.15, 0.2) is 66.3 Å². The Morgan fingerprint density at radius 2 is 1.79 bits per heavy atom. The van der Waals surface area contributed by atoms with Gasteiger partial charge in [-0.15, -0.1) is 11.3 Å². The van der Waals surface area contributed by atoms with Crippen LogP contribution in [0.2, 0.25) is 0 Å². The lowest BCUT2D eigenvalue weighted by Gasteiger charge is -2.27. The fraction of sp³-hybridized carbons (Fsp3) is 0.429. The van der Waals surface area contributed by atoms with Gasteiger partial charge in [-0.3, -0.25) is 14.3 Å². The van der Waals surface area contributed by atoms with E-state index in [9.17, 15) is 14.7 Å². The zero-order valence-corrected chi connectivity index (χ0v) is 25.8. The van der Waals surface area contributed by atoms with Gasteiger partial charge >= 0.3 is 0 Å². The number of likely N-dealkylation sites (tertiary alicyclic amines) is 1. The standard InChI is InChI=1S/C35H40N4O3S/c1-23-22-43-34(37-23)31-13-8-14-39(31)35(42)29-17-26(30-20-36-38(2)21-30)16-27(18-29)32(40)19-28(15-24-9-4-3-5-10-24)33(41)25-11-6-7-12-25/h3-5,9-10,16-18,20-22,25,28,31,33,41H,6-8,11-15,19H2,1-2H3/t28-,31-,33-/m1/s1. The number of carbonyl (C=O) groups is 2. The smallest absolute Gasteiger partial charge is 0.254 e. The van der Waals surface area contributed by atoms with E-state index >= 15 is 0 Å². The summed E-state index contributed by atoms with van der Waals surface area (Å²) in [6, 6.07) is 15.6. The van der Waals surface area contributed by atoms with Gasteiger partial charge in [0.05, 0.1) is 18.3 Å². The Bertz CT molecular complexity index is 1570. The van der Waals surface area contributed by atoms with E-state index in [0.717, 1.165) is 65.9 Å². The number of aliphatic hydroxyl groups is 1. The van der Waals surface area contributed by atoms with Crippen molar-refractivity contribution in [2.45, 2.75) is 70.4 Å². The zero-order valence-electron chi connectivity index (χ0n) is 25.0. The number of thiazole rings is 1. The zero-order chi connectivity index (χ0) is 29.9. The molecule has 1 aliphatic carbocycles. The van der Waals surface area contributed by atoms with Gasteiger partial charge in [0.2, 0.25) is 0 Å². The summed E-state index contributed by atoms with van der Waals surface area (Å²) in [5, 5.41) is 18.8. The number of nitrogens with zero attached hydrogens (tertiary/aromatic N) is 4. The summed E-state index contributed by atoms with van der Waals surface area (Å²) in [7, 11) is 1.86. The van der Waals surface area contributed by atoms with Crippen molar-refractivity contribution in [3.8, 4) is 11.1 Å². The lowest BCUT2D eigenvalue weighted by molar-refractivity contribution is 0.0456. The predicted octanol–water partition coefficient (Wildman–Crippen LogP) is 6.81. The SMILES string of the molecule is Cc1csc([C@H]2CCCN2C(=O)c2cc(C(=O)C[C@@H](Cc3ccccc3)[C@H](O)C3CCCC3)cc(-c3cnn(C)c3)c2)n1. The normalized spacial score (nSPS) is 18.7. The van der Waals surface area contributed by atoms with Crippen LogP contribution >= 0.6 is 11.3 Å². The van der Waals surface area contributed by atoms with Gasteiger partial charge in [0.1, 0.15) is 5.01 Å². The highest BCUT2D eigenvalue weighted by Crippen LogP contribution is 2.37. The molecule has 2 fully saturated rings. The number of ketones is 1. The van der Waals surface area contributed by atoms with E-state index in [1.807, 2.05) is 60.8 Å². The van der Waals surface area contributed by atoms with Crippen LogP contribution in [0.1, 0.15) is 88.0 Å². The number of rotatable bonds is 10. The van der Waals surface area contributed by atoms with Crippen molar-refractivity contribution in [3.05, 3.63) is 93.7 Å². The van der Waals surface area contributed by atoms with Crippen LogP contribution in [0.3, 0.4) is 0 Å². The quantitative estimate of drug-likeness (QED) is 0.203. The lowest BCUT2D eigenvalue weighted by atomic mass is 9.81.